The Morgan fingerprint density at radius 1 is 0.494 bits per heavy atom. The first-order valence-electron chi connectivity index (χ1n) is 28.3. The summed E-state index contributed by atoms with van der Waals surface area (Å²) in [7, 11) is 0. The summed E-state index contributed by atoms with van der Waals surface area (Å²) >= 11 is 0. The van der Waals surface area contributed by atoms with E-state index >= 15 is 0 Å². The second kappa shape index (κ2) is 17.4. The fourth-order valence-corrected chi connectivity index (χ4v) is 15.3. The number of nitrogens with zero attached hydrogens (tertiary/aromatic N) is 2. The van der Waals surface area contributed by atoms with E-state index in [1.54, 1.807) is 0 Å². The van der Waals surface area contributed by atoms with Gasteiger partial charge in [-0.05, 0) is 154 Å². The molecule has 8 heteroatoms. The molecule has 4 aliphatic heterocycles. The fraction of sp³-hybridized carbons (Fsp3) is 0.183. The summed E-state index contributed by atoms with van der Waals surface area (Å²) in [5.41, 5.74) is 24.8. The van der Waals surface area contributed by atoms with Crippen molar-refractivity contribution >= 4 is 103 Å². The quantitative estimate of drug-likeness (QED) is 0.135. The Balaban J connectivity index is 0.909. The van der Waals surface area contributed by atoms with Crippen LogP contribution in [0.15, 0.2) is 170 Å². The standard InChI is InChI=1S/C71H58B2N2O4/c1-8-9-17-40(2)39-71(7)53-36-45(47-33-35-62-64-51(47)32-34-57-67(64)74(69(76)79-62)59-25-12-10-23-55(59)72(57)65-41(3)18-14-19-42(65)4)28-30-48(53)49-31-29-46(37-54(49)71)52-38-58-68-63-50(52)22-16-27-61(63)78-70(77)75(68)60-26-13-11-24-56(60)73(58)66-43(5)20-15-21-44(66)6/h10-16,18-38,40H,8-9,17,39H2,1-7H3. The molecule has 0 spiro atoms. The molecule has 0 N–H and O–H groups in total. The first kappa shape index (κ1) is 47.6. The topological polar surface area (TPSA) is 59.1 Å². The third kappa shape index (κ3) is 6.73. The highest BCUT2D eigenvalue weighted by atomic mass is 16.6. The number of carbonyl (C=O) groups is 2. The van der Waals surface area contributed by atoms with Crippen LogP contribution >= 0.6 is 0 Å². The molecule has 15 rings (SSSR count). The van der Waals surface area contributed by atoms with Crippen LogP contribution < -0.4 is 52.1 Å². The van der Waals surface area contributed by atoms with Crippen LogP contribution in [0.25, 0.3) is 54.9 Å². The average molecular weight is 1020 g/mol. The molecule has 5 aliphatic rings. The number of rotatable bonds is 9. The van der Waals surface area contributed by atoms with Gasteiger partial charge in [0.1, 0.15) is 11.5 Å². The van der Waals surface area contributed by atoms with Crippen molar-refractivity contribution in [2.75, 3.05) is 9.80 Å². The third-order valence-corrected chi connectivity index (χ3v) is 18.7. The van der Waals surface area contributed by atoms with Gasteiger partial charge in [-0.2, -0.15) is 0 Å². The Morgan fingerprint density at radius 3 is 1.57 bits per heavy atom. The number of unbranched alkanes of at least 4 members (excludes halogenated alkanes) is 1. The van der Waals surface area contributed by atoms with E-state index in [4.69, 9.17) is 9.47 Å². The molecular formula is C71H58B2N2O4. The first-order valence-corrected chi connectivity index (χ1v) is 28.3. The zero-order chi connectivity index (χ0) is 53.7. The van der Waals surface area contributed by atoms with Gasteiger partial charge < -0.3 is 9.47 Å². The van der Waals surface area contributed by atoms with Gasteiger partial charge in [0.15, 0.2) is 0 Å². The molecule has 6 nitrogen and oxygen atoms in total. The maximum Gasteiger partial charge on any atom is 0.424 e. The summed E-state index contributed by atoms with van der Waals surface area (Å²) in [6.45, 7) is 15.9. The molecule has 4 heterocycles. The zero-order valence-electron chi connectivity index (χ0n) is 45.8. The van der Waals surface area contributed by atoms with Crippen molar-refractivity contribution in [3.05, 3.63) is 203 Å². The number of ether oxygens (including phenoxy) is 2. The molecule has 10 aromatic carbocycles. The molecule has 2 atom stereocenters. The Bertz CT molecular complexity index is 4310. The van der Waals surface area contributed by atoms with E-state index in [0.717, 1.165) is 108 Å². The highest BCUT2D eigenvalue weighted by Gasteiger charge is 2.46. The lowest BCUT2D eigenvalue weighted by Crippen LogP contribution is -2.60. The molecule has 2 amide bonds. The largest absolute Gasteiger partial charge is 0.424 e. The highest BCUT2D eigenvalue weighted by Crippen LogP contribution is 2.56. The Morgan fingerprint density at radius 2 is 0.987 bits per heavy atom. The lowest BCUT2D eigenvalue weighted by molar-refractivity contribution is 0.209. The molecule has 0 saturated carbocycles. The summed E-state index contributed by atoms with van der Waals surface area (Å²) in [5, 5.41) is 4.04. The smallest absolute Gasteiger partial charge is 0.409 e. The lowest BCUT2D eigenvalue weighted by atomic mass is 9.33. The Hall–Kier alpha value is -8.61. The van der Waals surface area contributed by atoms with Crippen molar-refractivity contribution in [3.63, 3.8) is 0 Å². The van der Waals surface area contributed by atoms with Crippen LogP contribution in [0.2, 0.25) is 0 Å². The second-order valence-corrected chi connectivity index (χ2v) is 23.4. The molecule has 0 bridgehead atoms. The van der Waals surface area contributed by atoms with E-state index in [9.17, 15) is 9.59 Å². The summed E-state index contributed by atoms with van der Waals surface area (Å²) in [6.07, 6.45) is 3.73. The third-order valence-electron chi connectivity index (χ3n) is 18.7. The number of aryl methyl sites for hydroxylation is 4. The maximum atomic E-state index is 14.3. The van der Waals surface area contributed by atoms with Gasteiger partial charge in [0.2, 0.25) is 13.4 Å². The minimum Gasteiger partial charge on any atom is -0.409 e. The lowest BCUT2D eigenvalue weighted by Gasteiger charge is -2.39. The predicted octanol–water partition coefficient (Wildman–Crippen LogP) is 14.0. The van der Waals surface area contributed by atoms with Crippen molar-refractivity contribution < 1.29 is 19.1 Å². The minimum absolute atomic E-state index is 0.0602. The summed E-state index contributed by atoms with van der Waals surface area (Å²) < 4.78 is 12.6. The van der Waals surface area contributed by atoms with E-state index in [2.05, 4.69) is 188 Å². The van der Waals surface area contributed by atoms with Gasteiger partial charge in [-0.25, -0.2) is 19.4 Å². The average Bonchev–Trinajstić information content (AvgIpc) is 2.89. The Kier molecular flexibility index (Phi) is 10.5. The molecular weight excluding hydrogens is 966 g/mol. The molecule has 10 aromatic rings. The van der Waals surface area contributed by atoms with E-state index in [-0.39, 0.29) is 31.0 Å². The maximum absolute atomic E-state index is 14.3. The number of para-hydroxylation sites is 2. The van der Waals surface area contributed by atoms with Gasteiger partial charge >= 0.3 is 12.2 Å². The molecule has 0 saturated heterocycles. The summed E-state index contributed by atoms with van der Waals surface area (Å²) in [6, 6.07) is 61.4. The van der Waals surface area contributed by atoms with E-state index in [0.29, 0.717) is 17.4 Å². The number of anilines is 4. The van der Waals surface area contributed by atoms with Crippen LogP contribution in [-0.4, -0.2) is 25.6 Å². The first-order chi connectivity index (χ1) is 38.4. The van der Waals surface area contributed by atoms with Gasteiger partial charge in [0, 0.05) is 27.6 Å². The van der Waals surface area contributed by atoms with Gasteiger partial charge in [-0.15, -0.1) is 0 Å². The van der Waals surface area contributed by atoms with Crippen LogP contribution in [0, 0.1) is 33.6 Å². The monoisotopic (exact) mass is 1020 g/mol. The molecule has 0 radical (unpaired) electrons. The van der Waals surface area contributed by atoms with E-state index in [1.807, 2.05) is 40.1 Å². The van der Waals surface area contributed by atoms with Gasteiger partial charge in [0.05, 0.1) is 11.4 Å². The van der Waals surface area contributed by atoms with E-state index in [1.165, 1.54) is 61.9 Å². The van der Waals surface area contributed by atoms with Crippen molar-refractivity contribution in [2.45, 2.75) is 79.6 Å². The number of hydrogen-bond donors (Lipinski definition) is 0. The summed E-state index contributed by atoms with van der Waals surface area (Å²) in [4.78, 5) is 32.2. The van der Waals surface area contributed by atoms with Gasteiger partial charge in [-0.1, -0.05) is 207 Å². The number of fused-ring (bicyclic) bond motifs is 7. The fourth-order valence-electron chi connectivity index (χ4n) is 15.3. The molecule has 0 fully saturated rings. The normalized spacial score (nSPS) is 16.4. The Labute approximate surface area is 462 Å². The van der Waals surface area contributed by atoms with Crippen LogP contribution in [0.3, 0.4) is 0 Å². The highest BCUT2D eigenvalue weighted by molar-refractivity contribution is 6.99. The van der Waals surface area contributed by atoms with Crippen molar-refractivity contribution in [3.8, 4) is 44.9 Å². The molecule has 382 valence electrons. The molecule has 0 aromatic heterocycles. The number of benzene rings is 10. The number of amides is 2. The van der Waals surface area contributed by atoms with Crippen LogP contribution in [0.5, 0.6) is 11.5 Å². The van der Waals surface area contributed by atoms with Gasteiger partial charge in [0.25, 0.3) is 0 Å². The second-order valence-electron chi connectivity index (χ2n) is 23.4. The van der Waals surface area contributed by atoms with Crippen LogP contribution in [0.4, 0.5) is 32.3 Å². The predicted molar refractivity (Wildman–Crippen MR) is 328 cm³/mol. The molecule has 2 unspecified atom stereocenters. The van der Waals surface area contributed by atoms with Crippen molar-refractivity contribution in [1.82, 2.24) is 0 Å². The van der Waals surface area contributed by atoms with Crippen molar-refractivity contribution in [1.29, 1.82) is 0 Å². The van der Waals surface area contributed by atoms with E-state index < -0.39 is 0 Å². The van der Waals surface area contributed by atoms with Crippen LogP contribution in [0.1, 0.15) is 79.8 Å². The van der Waals surface area contributed by atoms with Crippen LogP contribution in [-0.2, 0) is 5.41 Å². The minimum atomic E-state index is -0.381. The van der Waals surface area contributed by atoms with Crippen molar-refractivity contribution in [2.24, 2.45) is 5.92 Å². The van der Waals surface area contributed by atoms with Gasteiger partial charge in [-0.3, -0.25) is 0 Å². The number of hydrogen-bond acceptors (Lipinski definition) is 4. The zero-order valence-corrected chi connectivity index (χ0v) is 45.8. The molecule has 79 heavy (non-hydrogen) atoms. The summed E-state index contributed by atoms with van der Waals surface area (Å²) in [5.74, 6) is 1.66. The SMILES string of the molecule is CCCCC(C)CC1(C)c2cc(-c3ccc4c5c6c(ccc35)B(c3c(C)cccc3C)c3ccccc3N6C(=O)O4)ccc2-c2ccc(-c3cc4c5c6c(cccc36)OC(=O)N5c3ccccc3B4c3c(C)cccc3C)cc21. The number of carbonyl (C=O) groups excluding carboxylic acids is 2. The molecule has 1 aliphatic carbocycles.